The van der Waals surface area contributed by atoms with Gasteiger partial charge < -0.3 is 4.98 Å². The maximum Gasteiger partial charge on any atom is 0.258 e. The van der Waals surface area contributed by atoms with Crippen molar-refractivity contribution in [2.24, 2.45) is 0 Å². The van der Waals surface area contributed by atoms with Crippen LogP contribution in [-0.2, 0) is 0 Å². The van der Waals surface area contributed by atoms with Gasteiger partial charge in [0.1, 0.15) is 5.82 Å². The van der Waals surface area contributed by atoms with Crippen molar-refractivity contribution in [3.05, 3.63) is 59.4 Å². The lowest BCUT2D eigenvalue weighted by atomic mass is 10.1. The molecule has 0 aliphatic heterocycles. The van der Waals surface area contributed by atoms with Crippen LogP contribution in [0.15, 0.2) is 42.5 Å². The zero-order valence-electron chi connectivity index (χ0n) is 10.8. The van der Waals surface area contributed by atoms with Crippen LogP contribution in [0.4, 0.5) is 10.3 Å². The molecule has 3 rings (SSSR count). The minimum absolute atomic E-state index is 0.318. The fourth-order valence-electron chi connectivity index (χ4n) is 2.07. The van der Waals surface area contributed by atoms with Gasteiger partial charge in [0.25, 0.3) is 5.91 Å². The molecule has 0 aliphatic carbocycles. The van der Waals surface area contributed by atoms with E-state index in [4.69, 9.17) is 0 Å². The monoisotopic (exact) mass is 269 g/mol. The molecule has 0 spiro atoms. The molecule has 0 atom stereocenters. The second kappa shape index (κ2) is 4.77. The van der Waals surface area contributed by atoms with Crippen LogP contribution in [0, 0.1) is 12.7 Å². The van der Waals surface area contributed by atoms with Gasteiger partial charge >= 0.3 is 0 Å². The molecule has 3 aromatic rings. The Morgan fingerprint density at radius 1 is 1.25 bits per heavy atom. The van der Waals surface area contributed by atoms with Crippen LogP contribution in [-0.4, -0.2) is 15.9 Å². The van der Waals surface area contributed by atoms with Gasteiger partial charge in [-0.25, -0.2) is 9.37 Å². The summed E-state index contributed by atoms with van der Waals surface area (Å²) in [6.07, 6.45) is 0. The van der Waals surface area contributed by atoms with Gasteiger partial charge in [-0.05, 0) is 42.8 Å². The zero-order valence-corrected chi connectivity index (χ0v) is 10.8. The van der Waals surface area contributed by atoms with E-state index in [2.05, 4.69) is 15.3 Å². The number of aromatic nitrogens is 2. The minimum Gasteiger partial charge on any atom is -0.324 e. The van der Waals surface area contributed by atoms with E-state index in [0.29, 0.717) is 17.1 Å². The molecule has 1 aromatic heterocycles. The van der Waals surface area contributed by atoms with Crippen LogP contribution in [0.25, 0.3) is 11.0 Å². The number of fused-ring (bicyclic) bond motifs is 1. The number of carbonyl (C=O) groups excluding carboxylic acids is 1. The number of nitrogens with one attached hydrogen (secondary N) is 2. The summed E-state index contributed by atoms with van der Waals surface area (Å²) in [4.78, 5) is 19.4. The number of rotatable bonds is 2. The average molecular weight is 269 g/mol. The molecule has 0 aliphatic rings. The van der Waals surface area contributed by atoms with E-state index in [9.17, 15) is 9.18 Å². The predicted molar refractivity (Wildman–Crippen MR) is 75.2 cm³/mol. The van der Waals surface area contributed by atoms with Crippen LogP contribution >= 0.6 is 0 Å². The number of anilines is 1. The van der Waals surface area contributed by atoms with E-state index in [-0.39, 0.29) is 11.7 Å². The highest BCUT2D eigenvalue weighted by Crippen LogP contribution is 2.15. The fraction of sp³-hybridized carbons (Fsp3) is 0.0667. The first-order valence-electron chi connectivity index (χ1n) is 6.16. The van der Waals surface area contributed by atoms with Crippen LogP contribution in [0.3, 0.4) is 0 Å². The largest absolute Gasteiger partial charge is 0.324 e. The smallest absolute Gasteiger partial charge is 0.258 e. The van der Waals surface area contributed by atoms with Crippen molar-refractivity contribution in [2.45, 2.75) is 6.92 Å². The summed E-state index contributed by atoms with van der Waals surface area (Å²) < 4.78 is 13.0. The molecule has 0 fully saturated rings. The normalized spacial score (nSPS) is 10.7. The Morgan fingerprint density at radius 2 is 2.05 bits per heavy atom. The summed E-state index contributed by atoms with van der Waals surface area (Å²) >= 11 is 0. The lowest BCUT2D eigenvalue weighted by molar-refractivity contribution is 0.102. The zero-order chi connectivity index (χ0) is 14.1. The molecule has 5 heteroatoms. The van der Waals surface area contributed by atoms with Gasteiger partial charge in [0.15, 0.2) is 0 Å². The highest BCUT2D eigenvalue weighted by atomic mass is 19.1. The van der Waals surface area contributed by atoms with Crippen molar-refractivity contribution in [3.8, 4) is 0 Å². The Bertz CT molecular complexity index is 762. The second-order valence-corrected chi connectivity index (χ2v) is 4.52. The van der Waals surface area contributed by atoms with E-state index < -0.39 is 0 Å². The molecular formula is C15H12FN3O. The molecule has 1 heterocycles. The number of aryl methyl sites for hydroxylation is 1. The lowest BCUT2D eigenvalue weighted by Gasteiger charge is -2.05. The molecule has 20 heavy (non-hydrogen) atoms. The summed E-state index contributed by atoms with van der Waals surface area (Å²) in [5.74, 6) is -0.302. The number of aromatic amines is 1. The number of nitrogens with zero attached hydrogens (tertiary/aromatic N) is 1. The van der Waals surface area contributed by atoms with Crippen LogP contribution in [0.5, 0.6) is 0 Å². The number of H-pyrrole nitrogens is 1. The number of amides is 1. The van der Waals surface area contributed by atoms with Crippen molar-refractivity contribution >= 4 is 22.9 Å². The molecule has 2 N–H and O–H groups in total. The third kappa shape index (κ3) is 2.25. The number of benzene rings is 2. The topological polar surface area (TPSA) is 57.8 Å². The fourth-order valence-corrected chi connectivity index (χ4v) is 2.07. The van der Waals surface area contributed by atoms with Crippen LogP contribution in [0.2, 0.25) is 0 Å². The average Bonchev–Trinajstić information content (AvgIpc) is 2.80. The Hall–Kier alpha value is -2.69. The quantitative estimate of drug-likeness (QED) is 0.750. The molecule has 0 bridgehead atoms. The highest BCUT2D eigenvalue weighted by Gasteiger charge is 2.12. The number of imidazole rings is 1. The Labute approximate surface area is 114 Å². The summed E-state index contributed by atoms with van der Waals surface area (Å²) in [6.45, 7) is 1.69. The van der Waals surface area contributed by atoms with Gasteiger partial charge in [0.05, 0.1) is 11.0 Å². The highest BCUT2D eigenvalue weighted by molar-refractivity contribution is 6.04. The first kappa shape index (κ1) is 12.3. The van der Waals surface area contributed by atoms with Crippen molar-refractivity contribution in [1.82, 2.24) is 9.97 Å². The van der Waals surface area contributed by atoms with Crippen molar-refractivity contribution < 1.29 is 9.18 Å². The van der Waals surface area contributed by atoms with E-state index in [1.165, 1.54) is 18.2 Å². The molecular weight excluding hydrogens is 257 g/mol. The standard InChI is InChI=1S/C15H12FN3O/c1-9-8-10(16)6-7-11(9)14(20)19-15-17-12-4-2-3-5-13(12)18-15/h2-8H,1H3,(H2,17,18,19,20). The first-order chi connectivity index (χ1) is 9.63. The van der Waals surface area contributed by atoms with Crippen LogP contribution in [0.1, 0.15) is 15.9 Å². The van der Waals surface area contributed by atoms with Crippen molar-refractivity contribution in [2.75, 3.05) is 5.32 Å². The molecule has 2 aromatic carbocycles. The van der Waals surface area contributed by atoms with Gasteiger partial charge in [-0.15, -0.1) is 0 Å². The van der Waals surface area contributed by atoms with E-state index in [1.807, 2.05) is 24.3 Å². The Kier molecular flexibility index (Phi) is 2.95. The number of hydrogen-bond donors (Lipinski definition) is 2. The van der Waals surface area contributed by atoms with E-state index in [1.54, 1.807) is 6.92 Å². The maximum atomic E-state index is 13.0. The second-order valence-electron chi connectivity index (χ2n) is 4.52. The number of halogens is 1. The molecule has 0 saturated carbocycles. The third-order valence-electron chi connectivity index (χ3n) is 3.05. The molecule has 4 nitrogen and oxygen atoms in total. The van der Waals surface area contributed by atoms with Crippen LogP contribution < -0.4 is 5.32 Å². The van der Waals surface area contributed by atoms with Gasteiger partial charge in [0, 0.05) is 5.56 Å². The summed E-state index contributed by atoms with van der Waals surface area (Å²) in [6, 6.07) is 11.5. The number of carbonyl (C=O) groups is 1. The van der Waals surface area contributed by atoms with Gasteiger partial charge in [-0.2, -0.15) is 0 Å². The minimum atomic E-state index is -0.359. The summed E-state index contributed by atoms with van der Waals surface area (Å²) in [5.41, 5.74) is 2.63. The SMILES string of the molecule is Cc1cc(F)ccc1C(=O)Nc1nc2ccccc2[nH]1. The maximum absolute atomic E-state index is 13.0. The first-order valence-corrected chi connectivity index (χ1v) is 6.16. The Morgan fingerprint density at radius 3 is 2.80 bits per heavy atom. The number of hydrogen-bond acceptors (Lipinski definition) is 2. The van der Waals surface area contributed by atoms with E-state index in [0.717, 1.165) is 11.0 Å². The third-order valence-corrected chi connectivity index (χ3v) is 3.05. The summed E-state index contributed by atoms with van der Waals surface area (Å²) in [5, 5.41) is 2.68. The van der Waals surface area contributed by atoms with Crippen molar-refractivity contribution in [1.29, 1.82) is 0 Å². The molecule has 100 valence electrons. The molecule has 0 saturated heterocycles. The molecule has 0 radical (unpaired) electrons. The van der Waals surface area contributed by atoms with Gasteiger partial charge in [-0.1, -0.05) is 12.1 Å². The van der Waals surface area contributed by atoms with E-state index >= 15 is 0 Å². The molecule has 1 amide bonds. The molecule has 0 unspecified atom stereocenters. The van der Waals surface area contributed by atoms with Crippen molar-refractivity contribution in [3.63, 3.8) is 0 Å². The summed E-state index contributed by atoms with van der Waals surface area (Å²) in [7, 11) is 0. The lowest BCUT2D eigenvalue weighted by Crippen LogP contribution is -2.14. The Balaban J connectivity index is 1.88. The predicted octanol–water partition coefficient (Wildman–Crippen LogP) is 3.26. The van der Waals surface area contributed by atoms with Gasteiger partial charge in [-0.3, -0.25) is 10.1 Å². The number of para-hydroxylation sites is 2. The van der Waals surface area contributed by atoms with Gasteiger partial charge in [0.2, 0.25) is 5.95 Å².